The minimum absolute atomic E-state index is 0.0428. The highest BCUT2D eigenvalue weighted by Gasteiger charge is 2.23. The Kier molecular flexibility index (Phi) is 3.43. The SMILES string of the molecule is CC(C)(C)C(O)CCc1cccc2c1OCC2. The molecule has 0 fully saturated rings. The minimum atomic E-state index is -0.264. The molecule has 94 valence electrons. The second-order valence-electron chi connectivity index (χ2n) is 5.92. The van der Waals surface area contributed by atoms with Crippen molar-refractivity contribution in [2.45, 2.75) is 46.1 Å². The molecule has 1 aromatic rings. The smallest absolute Gasteiger partial charge is 0.125 e. The maximum absolute atomic E-state index is 10.1. The van der Waals surface area contributed by atoms with Gasteiger partial charge in [0, 0.05) is 6.42 Å². The molecule has 17 heavy (non-hydrogen) atoms. The highest BCUT2D eigenvalue weighted by Crippen LogP contribution is 2.31. The van der Waals surface area contributed by atoms with Gasteiger partial charge in [0.1, 0.15) is 5.75 Å². The van der Waals surface area contributed by atoms with Gasteiger partial charge in [0.05, 0.1) is 12.7 Å². The van der Waals surface area contributed by atoms with E-state index in [1.54, 1.807) is 0 Å². The van der Waals surface area contributed by atoms with Crippen molar-refractivity contribution in [2.75, 3.05) is 6.61 Å². The van der Waals surface area contributed by atoms with Crippen LogP contribution in [-0.2, 0) is 12.8 Å². The molecule has 0 radical (unpaired) electrons. The molecule has 0 saturated carbocycles. The number of aliphatic hydroxyl groups is 1. The Bertz CT molecular complexity index is 390. The van der Waals surface area contributed by atoms with Gasteiger partial charge in [-0.15, -0.1) is 0 Å². The van der Waals surface area contributed by atoms with Gasteiger partial charge in [-0.05, 0) is 29.4 Å². The van der Waals surface area contributed by atoms with Crippen LogP contribution < -0.4 is 4.74 Å². The van der Waals surface area contributed by atoms with E-state index in [0.717, 1.165) is 31.6 Å². The van der Waals surface area contributed by atoms with Crippen molar-refractivity contribution in [1.82, 2.24) is 0 Å². The standard InChI is InChI=1S/C15H22O2/c1-15(2,3)13(16)8-7-11-5-4-6-12-9-10-17-14(11)12/h4-6,13,16H,7-10H2,1-3H3. The van der Waals surface area contributed by atoms with E-state index in [4.69, 9.17) is 4.74 Å². The first kappa shape index (κ1) is 12.4. The largest absolute Gasteiger partial charge is 0.493 e. The number of ether oxygens (including phenoxy) is 1. The molecule has 1 N–H and O–H groups in total. The summed E-state index contributed by atoms with van der Waals surface area (Å²) in [5, 5.41) is 10.1. The first-order valence-corrected chi connectivity index (χ1v) is 6.40. The van der Waals surface area contributed by atoms with Crippen molar-refractivity contribution in [3.63, 3.8) is 0 Å². The minimum Gasteiger partial charge on any atom is -0.493 e. The average Bonchev–Trinajstić information content (AvgIpc) is 2.72. The molecule has 1 unspecified atom stereocenters. The van der Waals surface area contributed by atoms with Gasteiger partial charge < -0.3 is 9.84 Å². The lowest BCUT2D eigenvalue weighted by molar-refractivity contribution is 0.0559. The van der Waals surface area contributed by atoms with Crippen LogP contribution in [0.3, 0.4) is 0 Å². The molecule has 2 heteroatoms. The van der Waals surface area contributed by atoms with Gasteiger partial charge in [-0.2, -0.15) is 0 Å². The zero-order valence-electron chi connectivity index (χ0n) is 11.0. The Morgan fingerprint density at radius 1 is 1.35 bits per heavy atom. The van der Waals surface area contributed by atoms with E-state index < -0.39 is 0 Å². The Labute approximate surface area is 104 Å². The number of aryl methyl sites for hydroxylation is 1. The summed E-state index contributed by atoms with van der Waals surface area (Å²) in [6.07, 6.45) is 2.44. The maximum atomic E-state index is 10.1. The second-order valence-corrected chi connectivity index (χ2v) is 5.92. The number of para-hydroxylation sites is 1. The molecular weight excluding hydrogens is 212 g/mol. The molecule has 0 amide bonds. The van der Waals surface area contributed by atoms with Crippen molar-refractivity contribution in [1.29, 1.82) is 0 Å². The van der Waals surface area contributed by atoms with Crippen LogP contribution in [0.4, 0.5) is 0 Å². The third-order valence-corrected chi connectivity index (χ3v) is 3.48. The zero-order valence-corrected chi connectivity index (χ0v) is 11.0. The van der Waals surface area contributed by atoms with Crippen LogP contribution in [0, 0.1) is 5.41 Å². The lowest BCUT2D eigenvalue weighted by Crippen LogP contribution is -2.26. The van der Waals surface area contributed by atoms with Gasteiger partial charge >= 0.3 is 0 Å². The number of rotatable bonds is 3. The lowest BCUT2D eigenvalue weighted by Gasteiger charge is -2.25. The number of fused-ring (bicyclic) bond motifs is 1. The van der Waals surface area contributed by atoms with E-state index in [1.807, 2.05) is 0 Å². The second kappa shape index (κ2) is 4.69. The molecule has 0 aliphatic carbocycles. The van der Waals surface area contributed by atoms with Crippen molar-refractivity contribution < 1.29 is 9.84 Å². The molecule has 1 aliphatic rings. The molecule has 0 bridgehead atoms. The van der Waals surface area contributed by atoms with Crippen molar-refractivity contribution in [3.05, 3.63) is 29.3 Å². The van der Waals surface area contributed by atoms with E-state index in [-0.39, 0.29) is 11.5 Å². The maximum Gasteiger partial charge on any atom is 0.125 e. The Morgan fingerprint density at radius 3 is 2.82 bits per heavy atom. The Hall–Kier alpha value is -1.02. The molecule has 2 nitrogen and oxygen atoms in total. The lowest BCUT2D eigenvalue weighted by atomic mass is 9.85. The van der Waals surface area contributed by atoms with E-state index >= 15 is 0 Å². The van der Waals surface area contributed by atoms with Crippen LogP contribution >= 0.6 is 0 Å². The van der Waals surface area contributed by atoms with Crippen LogP contribution in [-0.4, -0.2) is 17.8 Å². The van der Waals surface area contributed by atoms with Crippen LogP contribution in [0.2, 0.25) is 0 Å². The predicted octanol–water partition coefficient (Wildman–Crippen LogP) is 2.96. The number of aliphatic hydroxyl groups excluding tert-OH is 1. The molecule has 1 aromatic carbocycles. The van der Waals surface area contributed by atoms with Crippen molar-refractivity contribution >= 4 is 0 Å². The number of benzene rings is 1. The molecule has 0 saturated heterocycles. The summed E-state index contributed by atoms with van der Waals surface area (Å²) < 4.78 is 5.67. The predicted molar refractivity (Wildman–Crippen MR) is 69.4 cm³/mol. The third-order valence-electron chi connectivity index (χ3n) is 3.48. The van der Waals surface area contributed by atoms with Crippen LogP contribution in [0.5, 0.6) is 5.75 Å². The average molecular weight is 234 g/mol. The summed E-state index contributed by atoms with van der Waals surface area (Å²) in [6, 6.07) is 6.33. The van der Waals surface area contributed by atoms with Gasteiger partial charge in [0.25, 0.3) is 0 Å². The summed E-state index contributed by atoms with van der Waals surface area (Å²) in [5.74, 6) is 1.06. The Morgan fingerprint density at radius 2 is 2.12 bits per heavy atom. The summed E-state index contributed by atoms with van der Waals surface area (Å²) in [7, 11) is 0. The monoisotopic (exact) mass is 234 g/mol. The topological polar surface area (TPSA) is 29.5 Å². The normalized spacial score (nSPS) is 16.5. The molecule has 2 rings (SSSR count). The van der Waals surface area contributed by atoms with E-state index in [1.165, 1.54) is 11.1 Å². The molecule has 0 spiro atoms. The molecule has 1 heterocycles. The van der Waals surface area contributed by atoms with Gasteiger partial charge in [-0.3, -0.25) is 0 Å². The number of hydrogen-bond donors (Lipinski definition) is 1. The molecule has 1 atom stereocenters. The molecule has 1 aliphatic heterocycles. The highest BCUT2D eigenvalue weighted by molar-refractivity contribution is 5.44. The van der Waals surface area contributed by atoms with E-state index in [2.05, 4.69) is 39.0 Å². The van der Waals surface area contributed by atoms with Crippen LogP contribution in [0.15, 0.2) is 18.2 Å². The van der Waals surface area contributed by atoms with Crippen molar-refractivity contribution in [2.24, 2.45) is 5.41 Å². The van der Waals surface area contributed by atoms with Crippen LogP contribution in [0.25, 0.3) is 0 Å². The highest BCUT2D eigenvalue weighted by atomic mass is 16.5. The first-order chi connectivity index (χ1) is 7.98. The Balaban J connectivity index is 2.03. The van der Waals surface area contributed by atoms with Gasteiger partial charge in [-0.25, -0.2) is 0 Å². The fourth-order valence-electron chi connectivity index (χ4n) is 2.21. The van der Waals surface area contributed by atoms with Crippen LogP contribution in [0.1, 0.15) is 38.3 Å². The van der Waals surface area contributed by atoms with Gasteiger partial charge in [0.15, 0.2) is 0 Å². The van der Waals surface area contributed by atoms with E-state index in [0.29, 0.717) is 0 Å². The number of hydrogen-bond acceptors (Lipinski definition) is 2. The van der Waals surface area contributed by atoms with Gasteiger partial charge in [-0.1, -0.05) is 39.0 Å². The fraction of sp³-hybridized carbons (Fsp3) is 0.600. The summed E-state index contributed by atoms with van der Waals surface area (Å²) in [4.78, 5) is 0. The van der Waals surface area contributed by atoms with Crippen molar-refractivity contribution in [3.8, 4) is 5.75 Å². The van der Waals surface area contributed by atoms with E-state index in [9.17, 15) is 5.11 Å². The third kappa shape index (κ3) is 2.81. The quantitative estimate of drug-likeness (QED) is 0.871. The summed E-state index contributed by atoms with van der Waals surface area (Å²) in [6.45, 7) is 7.02. The van der Waals surface area contributed by atoms with Gasteiger partial charge in [0.2, 0.25) is 0 Å². The summed E-state index contributed by atoms with van der Waals surface area (Å²) in [5.41, 5.74) is 2.51. The first-order valence-electron chi connectivity index (χ1n) is 6.40. The summed E-state index contributed by atoms with van der Waals surface area (Å²) >= 11 is 0. The molecule has 0 aromatic heterocycles. The fourth-order valence-corrected chi connectivity index (χ4v) is 2.21. The molecular formula is C15H22O2. The zero-order chi connectivity index (χ0) is 12.5.